The second-order valence-electron chi connectivity index (χ2n) is 7.11. The number of aliphatic hydroxyl groups is 1. The SMILES string of the molecule is CN(CCC1(O)CCCC1)C(=O)c1ccc(-c2ccc(Cl)cc2F)cc1. The van der Waals surface area contributed by atoms with Crippen LogP contribution >= 0.6 is 11.6 Å². The third-order valence-electron chi connectivity index (χ3n) is 5.17. The fraction of sp³-hybridized carbons (Fsp3) is 0.381. The summed E-state index contributed by atoms with van der Waals surface area (Å²) in [5.41, 5.74) is 1.07. The Morgan fingerprint density at radius 3 is 2.46 bits per heavy atom. The van der Waals surface area contributed by atoms with Crippen LogP contribution in [0.2, 0.25) is 5.02 Å². The fourth-order valence-electron chi connectivity index (χ4n) is 3.50. The first-order valence-corrected chi connectivity index (χ1v) is 9.29. The van der Waals surface area contributed by atoms with E-state index in [0.29, 0.717) is 34.7 Å². The van der Waals surface area contributed by atoms with Crippen LogP contribution in [0.5, 0.6) is 0 Å². The maximum atomic E-state index is 14.0. The molecule has 0 atom stereocenters. The Labute approximate surface area is 158 Å². The summed E-state index contributed by atoms with van der Waals surface area (Å²) in [5.74, 6) is -0.492. The second kappa shape index (κ2) is 7.77. The topological polar surface area (TPSA) is 40.5 Å². The van der Waals surface area contributed by atoms with Crippen LogP contribution in [0.25, 0.3) is 11.1 Å². The van der Waals surface area contributed by atoms with E-state index >= 15 is 0 Å². The van der Waals surface area contributed by atoms with E-state index in [9.17, 15) is 14.3 Å². The van der Waals surface area contributed by atoms with Crippen molar-refractivity contribution in [3.63, 3.8) is 0 Å². The molecule has 26 heavy (non-hydrogen) atoms. The normalized spacial score (nSPS) is 15.8. The number of benzene rings is 2. The van der Waals surface area contributed by atoms with Crippen molar-refractivity contribution >= 4 is 17.5 Å². The average molecular weight is 376 g/mol. The summed E-state index contributed by atoms with van der Waals surface area (Å²) in [6, 6.07) is 11.4. The lowest BCUT2D eigenvalue weighted by atomic mass is 9.97. The maximum Gasteiger partial charge on any atom is 0.253 e. The van der Waals surface area contributed by atoms with Crippen LogP contribution < -0.4 is 0 Å². The Hall–Kier alpha value is -1.91. The Morgan fingerprint density at radius 1 is 1.19 bits per heavy atom. The van der Waals surface area contributed by atoms with Crippen LogP contribution in [0.4, 0.5) is 4.39 Å². The highest BCUT2D eigenvalue weighted by molar-refractivity contribution is 6.30. The second-order valence-corrected chi connectivity index (χ2v) is 7.55. The molecule has 1 N–H and O–H groups in total. The molecule has 0 heterocycles. The molecule has 5 heteroatoms. The van der Waals surface area contributed by atoms with Gasteiger partial charge in [0.05, 0.1) is 5.60 Å². The first-order chi connectivity index (χ1) is 12.4. The summed E-state index contributed by atoms with van der Waals surface area (Å²) < 4.78 is 14.0. The Bertz CT molecular complexity index is 785. The van der Waals surface area contributed by atoms with Crippen molar-refractivity contribution in [2.45, 2.75) is 37.7 Å². The average Bonchev–Trinajstić information content (AvgIpc) is 3.06. The maximum absolute atomic E-state index is 14.0. The summed E-state index contributed by atoms with van der Waals surface area (Å²) in [4.78, 5) is 14.2. The highest BCUT2D eigenvalue weighted by Gasteiger charge is 2.31. The van der Waals surface area contributed by atoms with Gasteiger partial charge < -0.3 is 10.0 Å². The van der Waals surface area contributed by atoms with Crippen molar-refractivity contribution in [3.05, 3.63) is 58.9 Å². The van der Waals surface area contributed by atoms with Gasteiger partial charge in [-0.1, -0.05) is 36.6 Å². The zero-order valence-corrected chi connectivity index (χ0v) is 15.6. The zero-order chi connectivity index (χ0) is 18.7. The summed E-state index contributed by atoms with van der Waals surface area (Å²) in [6.07, 6.45) is 4.34. The van der Waals surface area contributed by atoms with Crippen molar-refractivity contribution in [2.75, 3.05) is 13.6 Å². The van der Waals surface area contributed by atoms with Gasteiger partial charge in [-0.3, -0.25) is 4.79 Å². The van der Waals surface area contributed by atoms with E-state index in [4.69, 9.17) is 11.6 Å². The van der Waals surface area contributed by atoms with Gasteiger partial charge in [0.25, 0.3) is 5.91 Å². The highest BCUT2D eigenvalue weighted by Crippen LogP contribution is 2.32. The van der Waals surface area contributed by atoms with E-state index < -0.39 is 11.4 Å². The fourth-order valence-corrected chi connectivity index (χ4v) is 3.66. The van der Waals surface area contributed by atoms with Crippen LogP contribution in [0.3, 0.4) is 0 Å². The Balaban J connectivity index is 1.66. The lowest BCUT2D eigenvalue weighted by Gasteiger charge is -2.26. The van der Waals surface area contributed by atoms with E-state index in [1.165, 1.54) is 6.07 Å². The number of carbonyl (C=O) groups is 1. The minimum absolute atomic E-state index is 0.102. The quantitative estimate of drug-likeness (QED) is 0.806. The lowest BCUT2D eigenvalue weighted by molar-refractivity contribution is 0.0296. The Morgan fingerprint density at radius 2 is 1.85 bits per heavy atom. The molecule has 3 nitrogen and oxygen atoms in total. The molecule has 1 aliphatic carbocycles. The van der Waals surface area contributed by atoms with Gasteiger partial charge in [-0.2, -0.15) is 0 Å². The number of rotatable bonds is 5. The van der Waals surface area contributed by atoms with Gasteiger partial charge in [0.2, 0.25) is 0 Å². The molecule has 0 aliphatic heterocycles. The molecule has 0 unspecified atom stereocenters. The zero-order valence-electron chi connectivity index (χ0n) is 14.8. The predicted octanol–water partition coefficient (Wildman–Crippen LogP) is 4.91. The van der Waals surface area contributed by atoms with Crippen LogP contribution in [0, 0.1) is 5.82 Å². The van der Waals surface area contributed by atoms with Gasteiger partial charge in [0.1, 0.15) is 5.82 Å². The molecule has 2 aromatic rings. The van der Waals surface area contributed by atoms with Crippen LogP contribution in [0.1, 0.15) is 42.5 Å². The van der Waals surface area contributed by atoms with Gasteiger partial charge in [-0.25, -0.2) is 4.39 Å². The number of amides is 1. The standard InChI is InChI=1S/C21H23ClFNO2/c1-24(13-12-21(26)10-2-3-11-21)20(25)16-6-4-15(5-7-16)18-9-8-17(22)14-19(18)23/h4-9,14,26H,2-3,10-13H2,1H3. The molecule has 138 valence electrons. The third-order valence-corrected chi connectivity index (χ3v) is 5.40. The molecular formula is C21H23ClFNO2. The van der Waals surface area contributed by atoms with Crippen LogP contribution in [-0.2, 0) is 0 Å². The molecule has 0 radical (unpaired) electrons. The van der Waals surface area contributed by atoms with Crippen molar-refractivity contribution in [3.8, 4) is 11.1 Å². The molecule has 0 spiro atoms. The molecule has 2 aromatic carbocycles. The molecule has 1 aliphatic rings. The first-order valence-electron chi connectivity index (χ1n) is 8.91. The largest absolute Gasteiger partial charge is 0.390 e. The molecule has 1 amide bonds. The number of carbonyl (C=O) groups excluding carboxylic acids is 1. The lowest BCUT2D eigenvalue weighted by Crippen LogP contribution is -2.34. The Kier molecular flexibility index (Phi) is 5.64. The summed E-state index contributed by atoms with van der Waals surface area (Å²) >= 11 is 5.78. The smallest absolute Gasteiger partial charge is 0.253 e. The highest BCUT2D eigenvalue weighted by atomic mass is 35.5. The first kappa shape index (κ1) is 18.9. The molecule has 1 saturated carbocycles. The van der Waals surface area contributed by atoms with E-state index in [1.807, 2.05) is 0 Å². The van der Waals surface area contributed by atoms with Crippen molar-refractivity contribution in [2.24, 2.45) is 0 Å². The van der Waals surface area contributed by atoms with Crippen LogP contribution in [-0.4, -0.2) is 35.1 Å². The molecule has 0 saturated heterocycles. The molecule has 1 fully saturated rings. The van der Waals surface area contributed by atoms with Crippen LogP contribution in [0.15, 0.2) is 42.5 Å². The third kappa shape index (κ3) is 4.25. The van der Waals surface area contributed by atoms with Gasteiger partial charge in [-0.05, 0) is 55.2 Å². The van der Waals surface area contributed by atoms with E-state index in [-0.39, 0.29) is 5.91 Å². The molecule has 0 aromatic heterocycles. The minimum atomic E-state index is -0.621. The number of halogens is 2. The number of hydrogen-bond donors (Lipinski definition) is 1. The summed E-state index contributed by atoms with van der Waals surface area (Å²) in [5, 5.41) is 10.8. The monoisotopic (exact) mass is 375 g/mol. The van der Waals surface area contributed by atoms with Gasteiger partial charge in [0, 0.05) is 29.7 Å². The minimum Gasteiger partial charge on any atom is -0.390 e. The van der Waals surface area contributed by atoms with Crippen molar-refractivity contribution in [1.82, 2.24) is 4.90 Å². The van der Waals surface area contributed by atoms with E-state index in [2.05, 4.69) is 0 Å². The molecular weight excluding hydrogens is 353 g/mol. The number of nitrogens with zero attached hydrogens (tertiary/aromatic N) is 1. The van der Waals surface area contributed by atoms with Crippen molar-refractivity contribution < 1.29 is 14.3 Å². The van der Waals surface area contributed by atoms with Gasteiger partial charge >= 0.3 is 0 Å². The summed E-state index contributed by atoms with van der Waals surface area (Å²) in [6.45, 7) is 0.517. The summed E-state index contributed by atoms with van der Waals surface area (Å²) in [7, 11) is 1.74. The number of hydrogen-bond acceptors (Lipinski definition) is 2. The van der Waals surface area contributed by atoms with Crippen molar-refractivity contribution in [1.29, 1.82) is 0 Å². The van der Waals surface area contributed by atoms with E-state index in [0.717, 1.165) is 25.7 Å². The van der Waals surface area contributed by atoms with Gasteiger partial charge in [0.15, 0.2) is 0 Å². The van der Waals surface area contributed by atoms with E-state index in [1.54, 1.807) is 48.3 Å². The predicted molar refractivity (Wildman–Crippen MR) is 102 cm³/mol. The molecule has 3 rings (SSSR count). The van der Waals surface area contributed by atoms with Gasteiger partial charge in [-0.15, -0.1) is 0 Å². The molecule has 0 bridgehead atoms.